The van der Waals surface area contributed by atoms with Gasteiger partial charge in [-0.25, -0.2) is 9.97 Å². The molecule has 0 bridgehead atoms. The van der Waals surface area contributed by atoms with E-state index >= 15 is 0 Å². The van der Waals surface area contributed by atoms with Gasteiger partial charge in [-0.3, -0.25) is 9.59 Å². The maximum absolute atomic E-state index is 11.8. The number of anilines is 2. The van der Waals surface area contributed by atoms with Crippen LogP contribution in [0.3, 0.4) is 0 Å². The summed E-state index contributed by atoms with van der Waals surface area (Å²) in [6, 6.07) is 10.9. The predicted molar refractivity (Wildman–Crippen MR) is 136 cm³/mol. The molecule has 1 amide bonds. The average Bonchev–Trinajstić information content (AvgIpc) is 2.90. The number of aromatic nitrogens is 2. The molecule has 2 aromatic carbocycles. The Hall–Kier alpha value is -4.36. The van der Waals surface area contributed by atoms with Crippen molar-refractivity contribution in [2.75, 3.05) is 45.9 Å². The van der Waals surface area contributed by atoms with Gasteiger partial charge >= 0.3 is 5.97 Å². The van der Waals surface area contributed by atoms with Gasteiger partial charge in [0.05, 0.1) is 18.5 Å². The number of nitrogens with zero attached hydrogens (tertiary/aromatic N) is 2. The highest BCUT2D eigenvalue weighted by molar-refractivity contribution is 5.93. The molecule has 0 atom stereocenters. The molecule has 190 valence electrons. The van der Waals surface area contributed by atoms with Crippen LogP contribution in [0.4, 0.5) is 11.5 Å². The first-order valence-electron chi connectivity index (χ1n) is 11.3. The van der Waals surface area contributed by atoms with Gasteiger partial charge in [-0.2, -0.15) is 0 Å². The molecule has 1 heterocycles. The summed E-state index contributed by atoms with van der Waals surface area (Å²) in [4.78, 5) is 31.8. The maximum atomic E-state index is 11.8. The van der Waals surface area contributed by atoms with E-state index in [0.717, 1.165) is 11.3 Å². The van der Waals surface area contributed by atoms with Crippen LogP contribution in [0.5, 0.6) is 11.5 Å². The lowest BCUT2D eigenvalue weighted by molar-refractivity contribution is -0.145. The van der Waals surface area contributed by atoms with E-state index in [2.05, 4.69) is 26.5 Å². The molecule has 10 heteroatoms. The number of carbonyl (C=O) groups excluding carboxylic acids is 2. The van der Waals surface area contributed by atoms with Crippen LogP contribution in [0, 0.1) is 12.3 Å². The molecule has 0 unspecified atom stereocenters. The lowest BCUT2D eigenvalue weighted by atomic mass is 10.2. The van der Waals surface area contributed by atoms with Crippen molar-refractivity contribution >= 4 is 34.3 Å². The predicted octanol–water partition coefficient (Wildman–Crippen LogP) is 3.07. The monoisotopic (exact) mass is 494 g/mol. The fraction of sp³-hybridized carbons (Fsp3) is 0.308. The van der Waals surface area contributed by atoms with Gasteiger partial charge < -0.3 is 29.6 Å². The third-order valence-electron chi connectivity index (χ3n) is 4.98. The zero-order valence-corrected chi connectivity index (χ0v) is 20.2. The number of hydrogen-bond donors (Lipinski definition) is 2. The molecule has 2 N–H and O–H groups in total. The fourth-order valence-electron chi connectivity index (χ4n) is 3.17. The van der Waals surface area contributed by atoms with Gasteiger partial charge in [0.25, 0.3) is 0 Å². The van der Waals surface area contributed by atoms with Gasteiger partial charge in [0.15, 0.2) is 11.5 Å². The summed E-state index contributed by atoms with van der Waals surface area (Å²) in [7, 11) is 3.10. The number of rotatable bonds is 13. The highest BCUT2D eigenvalue weighted by Gasteiger charge is 2.14. The molecule has 1 aromatic heterocycles. The van der Waals surface area contributed by atoms with Crippen molar-refractivity contribution in [2.24, 2.45) is 0 Å². The summed E-state index contributed by atoms with van der Waals surface area (Å²) in [6.07, 6.45) is 7.02. The van der Waals surface area contributed by atoms with Gasteiger partial charge in [-0.1, -0.05) is 12.0 Å². The van der Waals surface area contributed by atoms with Gasteiger partial charge in [0.2, 0.25) is 5.91 Å². The first-order chi connectivity index (χ1) is 17.5. The van der Waals surface area contributed by atoms with Gasteiger partial charge in [-0.15, -0.1) is 6.42 Å². The minimum absolute atomic E-state index is 0. The van der Waals surface area contributed by atoms with E-state index in [-0.39, 0.29) is 33.4 Å². The minimum Gasteiger partial charge on any atom is -0.487 e. The summed E-state index contributed by atoms with van der Waals surface area (Å²) in [5.41, 5.74) is 2.15. The number of terminal acetylenes is 1. The third kappa shape index (κ3) is 7.58. The third-order valence-corrected chi connectivity index (χ3v) is 4.98. The van der Waals surface area contributed by atoms with Gasteiger partial charge in [0.1, 0.15) is 32.0 Å². The van der Waals surface area contributed by atoms with Crippen molar-refractivity contribution in [1.82, 2.24) is 15.3 Å². The molecule has 3 rings (SSSR count). The van der Waals surface area contributed by atoms with Crippen LogP contribution in [0.15, 0.2) is 42.7 Å². The molecule has 0 fully saturated rings. The number of nitrogens with one attached hydrogen (secondary N) is 2. The van der Waals surface area contributed by atoms with Crippen molar-refractivity contribution in [3.63, 3.8) is 0 Å². The molecule has 0 saturated heterocycles. The second-order valence-corrected chi connectivity index (χ2v) is 7.47. The number of fused-ring (bicyclic) bond motifs is 1. The Balaban J connectivity index is 0.00000481. The minimum atomic E-state index is -0.477. The Morgan fingerprint density at radius 1 is 1.03 bits per heavy atom. The van der Waals surface area contributed by atoms with Crippen LogP contribution in [-0.4, -0.2) is 62.4 Å². The fourth-order valence-corrected chi connectivity index (χ4v) is 3.17. The molecule has 0 radical (unpaired) electrons. The summed E-state index contributed by atoms with van der Waals surface area (Å²) in [5, 5.41) is 6.44. The first-order valence-corrected chi connectivity index (χ1v) is 11.3. The lowest BCUT2D eigenvalue weighted by Gasteiger charge is -2.15. The number of amides is 1. The highest BCUT2D eigenvalue weighted by atomic mass is 16.6. The number of esters is 1. The lowest BCUT2D eigenvalue weighted by Crippen LogP contribution is -2.20. The van der Waals surface area contributed by atoms with E-state index in [9.17, 15) is 9.59 Å². The Kier molecular flexibility index (Phi) is 9.85. The standard InChI is InChI=1S/C26H28N4O6.H2/c1-4-18-6-5-7-19(14-18)30-26-20-15-22(34-11-10-33-3)23(16-21(20)28-17-29-26)35-12-13-36-25(32)9-8-24(31)27-2;/h1,5-7,14-17H,8-13H2,2-3H3,(H,27,31)(H,28,29,30);1H. The quantitative estimate of drug-likeness (QED) is 0.210. The van der Waals surface area contributed by atoms with Gasteiger partial charge in [0, 0.05) is 44.7 Å². The molecule has 10 nitrogen and oxygen atoms in total. The molecule has 0 aliphatic carbocycles. The van der Waals surface area contributed by atoms with Crippen LogP contribution in [0.1, 0.15) is 19.8 Å². The van der Waals surface area contributed by atoms with Crippen LogP contribution >= 0.6 is 0 Å². The average molecular weight is 495 g/mol. The van der Waals surface area contributed by atoms with Crippen LogP contribution < -0.4 is 20.1 Å². The van der Waals surface area contributed by atoms with E-state index in [0.29, 0.717) is 41.4 Å². The normalized spacial score (nSPS) is 10.4. The summed E-state index contributed by atoms with van der Waals surface area (Å²) in [6.45, 7) is 0.792. The Labute approximate surface area is 210 Å². The summed E-state index contributed by atoms with van der Waals surface area (Å²) >= 11 is 0. The molecular weight excluding hydrogens is 464 g/mol. The smallest absolute Gasteiger partial charge is 0.306 e. The highest BCUT2D eigenvalue weighted by Crippen LogP contribution is 2.35. The SMILES string of the molecule is C#Cc1cccc(Nc2ncnc3cc(OCCOC(=O)CCC(=O)NC)c(OCCOC)cc23)c1.[HH]. The van der Waals surface area contributed by atoms with E-state index in [1.807, 2.05) is 24.3 Å². The topological polar surface area (TPSA) is 121 Å². The van der Waals surface area contributed by atoms with Crippen molar-refractivity contribution in [1.29, 1.82) is 0 Å². The van der Waals surface area contributed by atoms with E-state index < -0.39 is 5.97 Å². The largest absolute Gasteiger partial charge is 0.487 e. The van der Waals surface area contributed by atoms with E-state index in [4.69, 9.17) is 25.4 Å². The maximum Gasteiger partial charge on any atom is 0.306 e. The van der Waals surface area contributed by atoms with Crippen LogP contribution in [0.2, 0.25) is 0 Å². The van der Waals surface area contributed by atoms with Crippen LogP contribution in [0.25, 0.3) is 10.9 Å². The van der Waals surface area contributed by atoms with E-state index in [1.165, 1.54) is 13.4 Å². The van der Waals surface area contributed by atoms with Gasteiger partial charge in [-0.05, 0) is 24.3 Å². The van der Waals surface area contributed by atoms with Crippen molar-refractivity contribution in [3.05, 3.63) is 48.3 Å². The Morgan fingerprint density at radius 2 is 1.81 bits per heavy atom. The molecule has 36 heavy (non-hydrogen) atoms. The molecule has 0 spiro atoms. The second-order valence-electron chi connectivity index (χ2n) is 7.47. The number of hydrogen-bond acceptors (Lipinski definition) is 9. The number of benzene rings is 2. The van der Waals surface area contributed by atoms with Crippen molar-refractivity contribution in [2.45, 2.75) is 12.8 Å². The molecule has 3 aromatic rings. The Bertz CT molecular complexity index is 1250. The number of carbonyl (C=O) groups is 2. The van der Waals surface area contributed by atoms with Crippen LogP contribution in [-0.2, 0) is 19.1 Å². The molecule has 0 saturated carbocycles. The van der Waals surface area contributed by atoms with Crippen molar-refractivity contribution in [3.8, 4) is 23.8 Å². The first kappa shape index (κ1) is 26.2. The zero-order valence-electron chi connectivity index (χ0n) is 20.2. The molecular formula is C26H30N4O6. The van der Waals surface area contributed by atoms with Crippen molar-refractivity contribution < 1.29 is 30.0 Å². The summed E-state index contributed by atoms with van der Waals surface area (Å²) in [5.74, 6) is 3.37. The number of methoxy groups -OCH3 is 1. The zero-order chi connectivity index (χ0) is 25.8. The molecule has 0 aliphatic heterocycles. The molecule has 0 aliphatic rings. The second kappa shape index (κ2) is 13.5. The Morgan fingerprint density at radius 3 is 2.56 bits per heavy atom. The summed E-state index contributed by atoms with van der Waals surface area (Å²) < 4.78 is 21.9. The number of ether oxygens (including phenoxy) is 4. The van der Waals surface area contributed by atoms with E-state index in [1.54, 1.807) is 19.2 Å².